The maximum Gasteiger partial charge on any atom is 0.264 e. The minimum absolute atomic E-state index is 0.0475. The van der Waals surface area contributed by atoms with Crippen LogP contribution in [0.1, 0.15) is 74.8 Å². The molecule has 1 aliphatic carbocycles. The van der Waals surface area contributed by atoms with E-state index in [4.69, 9.17) is 23.9 Å². The van der Waals surface area contributed by atoms with Gasteiger partial charge in [0.25, 0.3) is 17.7 Å². The van der Waals surface area contributed by atoms with E-state index in [2.05, 4.69) is 31.1 Å². The van der Waals surface area contributed by atoms with Gasteiger partial charge < -0.3 is 39.4 Å². The number of anilines is 3. The van der Waals surface area contributed by atoms with E-state index in [-0.39, 0.29) is 60.1 Å². The number of hydrogen-bond donors (Lipinski definition) is 4. The first-order valence-corrected chi connectivity index (χ1v) is 23.0. The van der Waals surface area contributed by atoms with Crippen LogP contribution in [0, 0.1) is 5.82 Å². The highest BCUT2D eigenvalue weighted by Crippen LogP contribution is 2.41. The maximum absolute atomic E-state index is 15.6. The van der Waals surface area contributed by atoms with E-state index in [1.165, 1.54) is 18.2 Å². The Morgan fingerprint density at radius 1 is 0.812 bits per heavy atom. The number of nitrogens with one attached hydrogen (secondary N) is 4. The number of piperidine rings is 1. The summed E-state index contributed by atoms with van der Waals surface area (Å²) in [5, 5.41) is 15.3. The molecule has 0 radical (unpaired) electrons. The third-order valence-electron chi connectivity index (χ3n) is 12.3. The summed E-state index contributed by atoms with van der Waals surface area (Å²) >= 11 is 0. The van der Waals surface area contributed by atoms with Crippen LogP contribution in [0.25, 0.3) is 16.9 Å². The number of imide groups is 2. The first kappa shape index (κ1) is 46.9. The predicted molar refractivity (Wildman–Crippen MR) is 244 cm³/mol. The first-order valence-electron chi connectivity index (χ1n) is 23.0. The van der Waals surface area contributed by atoms with Gasteiger partial charge in [0.15, 0.2) is 11.5 Å². The molecular weight excluding hydrogens is 898 g/mol. The maximum atomic E-state index is 15.6. The molecule has 22 heteroatoms. The second-order valence-electron chi connectivity index (χ2n) is 16.9. The molecule has 2 saturated heterocycles. The van der Waals surface area contributed by atoms with Crippen LogP contribution in [0.15, 0.2) is 61.2 Å². The molecule has 69 heavy (non-hydrogen) atoms. The number of halogens is 1. The number of nitrogens with zero attached hydrogens (tertiary/aromatic N) is 7. The van der Waals surface area contributed by atoms with Gasteiger partial charge in [0.1, 0.15) is 11.9 Å². The van der Waals surface area contributed by atoms with Crippen molar-refractivity contribution in [3.63, 3.8) is 0 Å². The van der Waals surface area contributed by atoms with Crippen LogP contribution >= 0.6 is 0 Å². The fourth-order valence-corrected chi connectivity index (χ4v) is 8.49. The molecule has 1 atom stereocenters. The van der Waals surface area contributed by atoms with Crippen LogP contribution < -0.4 is 16.0 Å². The Morgan fingerprint density at radius 2 is 1.54 bits per heavy atom. The van der Waals surface area contributed by atoms with E-state index in [1.807, 2.05) is 10.6 Å². The highest BCUT2D eigenvalue weighted by Gasteiger charge is 2.45. The number of ether oxygens (including phenoxy) is 4. The molecule has 0 spiro atoms. The standard InChI is InChI=1S/C47H52FN11O10/c48-33-24-30(6-7-34(33)53-42-43-50-27-38(31-25-51-52-26-31)58(43)28-36(54-42)29-4-5-29)45(63)57-14-12-56(13-15-57)40(61)10-16-66-18-20-68-22-23-69-21-19-67-17-11-49-35-3-1-2-32-41(35)47(65)59(46(32)64)37-8-9-39(60)55-44(37)62/h1-3,6-7,24-29,37,49H,4-5,8-23H2,(H,51,52)(H,53,54)(H,55,60,62). The van der Waals surface area contributed by atoms with Crippen molar-refractivity contribution in [3.05, 3.63) is 89.4 Å². The zero-order chi connectivity index (χ0) is 47.9. The fourth-order valence-electron chi connectivity index (χ4n) is 8.49. The number of amides is 6. The Bertz CT molecular complexity index is 2720. The van der Waals surface area contributed by atoms with E-state index in [0.29, 0.717) is 102 Å². The van der Waals surface area contributed by atoms with Gasteiger partial charge in [-0.1, -0.05) is 6.07 Å². The second-order valence-corrected chi connectivity index (χ2v) is 16.9. The number of fused-ring (bicyclic) bond motifs is 2. The van der Waals surface area contributed by atoms with Crippen LogP contribution in [0.5, 0.6) is 0 Å². The van der Waals surface area contributed by atoms with Gasteiger partial charge in [-0.3, -0.25) is 48.5 Å². The van der Waals surface area contributed by atoms with E-state index < -0.39 is 35.5 Å². The van der Waals surface area contributed by atoms with Gasteiger partial charge in [-0.2, -0.15) is 5.10 Å². The summed E-state index contributed by atoms with van der Waals surface area (Å²) in [5.74, 6) is -2.48. The summed E-state index contributed by atoms with van der Waals surface area (Å²) in [5.41, 5.74) is 4.33. The SMILES string of the molecule is O=C1CCC(N2C(=O)c3cccc(NCCOCCOCCOCCOCCC(=O)N4CCN(C(=O)c5ccc(Nc6nc(C7CC7)cn7c(-c8cn[nH]c8)cnc67)c(F)c5)CC4)c3C2=O)C(=O)N1. The molecule has 5 aromatic rings. The summed E-state index contributed by atoms with van der Waals surface area (Å²) in [6, 6.07) is 8.17. The number of rotatable bonds is 22. The van der Waals surface area contributed by atoms with Crippen molar-refractivity contribution in [2.24, 2.45) is 0 Å². The van der Waals surface area contributed by atoms with E-state index in [0.717, 1.165) is 34.7 Å². The number of carbonyl (C=O) groups excluding carboxylic acids is 6. The quantitative estimate of drug-likeness (QED) is 0.0576. The van der Waals surface area contributed by atoms with Crippen molar-refractivity contribution < 1.29 is 52.1 Å². The Balaban J connectivity index is 0.607. The number of benzene rings is 2. The van der Waals surface area contributed by atoms with E-state index in [1.54, 1.807) is 46.6 Å². The Kier molecular flexibility index (Phi) is 14.6. The zero-order valence-corrected chi connectivity index (χ0v) is 37.7. The van der Waals surface area contributed by atoms with Crippen LogP contribution in [0.3, 0.4) is 0 Å². The van der Waals surface area contributed by atoms with Crippen molar-refractivity contribution in [2.75, 3.05) is 96.2 Å². The molecule has 362 valence electrons. The molecule has 3 aromatic heterocycles. The van der Waals surface area contributed by atoms with Gasteiger partial charge in [0, 0.05) is 74.3 Å². The summed E-state index contributed by atoms with van der Waals surface area (Å²) < 4.78 is 39.8. The predicted octanol–water partition coefficient (Wildman–Crippen LogP) is 3.13. The number of piperazine rings is 1. The topological polar surface area (TPSA) is 244 Å². The molecule has 3 aliphatic heterocycles. The zero-order valence-electron chi connectivity index (χ0n) is 37.7. The largest absolute Gasteiger partial charge is 0.382 e. The lowest BCUT2D eigenvalue weighted by molar-refractivity contribution is -0.136. The first-order chi connectivity index (χ1) is 33.6. The molecular formula is C47H52FN11O10. The normalized spacial score (nSPS) is 17.2. The molecule has 6 amide bonds. The molecule has 21 nitrogen and oxygen atoms in total. The molecule has 9 rings (SSSR count). The monoisotopic (exact) mass is 949 g/mol. The summed E-state index contributed by atoms with van der Waals surface area (Å²) in [6.07, 6.45) is 9.58. The number of H-pyrrole nitrogens is 1. The second kappa shape index (κ2) is 21.4. The van der Waals surface area contributed by atoms with E-state index >= 15 is 4.39 Å². The third-order valence-corrected chi connectivity index (χ3v) is 12.3. The van der Waals surface area contributed by atoms with Gasteiger partial charge in [-0.05, 0) is 49.6 Å². The van der Waals surface area contributed by atoms with Gasteiger partial charge in [-0.15, -0.1) is 0 Å². The lowest BCUT2D eigenvalue weighted by atomic mass is 10.0. The smallest absolute Gasteiger partial charge is 0.264 e. The average Bonchev–Trinajstić information content (AvgIpc) is 3.78. The molecule has 4 N–H and O–H groups in total. The van der Waals surface area contributed by atoms with Gasteiger partial charge >= 0.3 is 0 Å². The van der Waals surface area contributed by atoms with Crippen LogP contribution in [-0.2, 0) is 33.3 Å². The van der Waals surface area contributed by atoms with Crippen LogP contribution in [0.2, 0.25) is 0 Å². The van der Waals surface area contributed by atoms with Crippen molar-refractivity contribution in [2.45, 2.75) is 44.1 Å². The van der Waals surface area contributed by atoms with Crippen molar-refractivity contribution in [1.82, 2.24) is 44.6 Å². The molecule has 2 aromatic carbocycles. The summed E-state index contributed by atoms with van der Waals surface area (Å²) in [6.45, 7) is 4.22. The Hall–Kier alpha value is -7.14. The number of imidazole rings is 1. The third kappa shape index (κ3) is 10.8. The van der Waals surface area contributed by atoms with Crippen molar-refractivity contribution in [1.29, 1.82) is 0 Å². The Morgan fingerprint density at radius 3 is 2.23 bits per heavy atom. The van der Waals surface area contributed by atoms with Crippen LogP contribution in [-0.4, -0.2) is 166 Å². The van der Waals surface area contributed by atoms with Crippen molar-refractivity contribution in [3.8, 4) is 11.3 Å². The summed E-state index contributed by atoms with van der Waals surface area (Å²) in [7, 11) is 0. The van der Waals surface area contributed by atoms with Gasteiger partial charge in [0.05, 0.1) is 99.9 Å². The number of carbonyl (C=O) groups is 6. The molecule has 1 unspecified atom stereocenters. The number of aromatic nitrogens is 5. The number of hydrogen-bond acceptors (Lipinski definition) is 15. The average molecular weight is 950 g/mol. The lowest BCUT2D eigenvalue weighted by Gasteiger charge is -2.35. The fraction of sp³-hybridized carbons (Fsp3) is 0.426. The highest BCUT2D eigenvalue weighted by molar-refractivity contribution is 6.25. The number of aromatic amines is 1. The van der Waals surface area contributed by atoms with Gasteiger partial charge in [0.2, 0.25) is 17.7 Å². The molecule has 3 fully saturated rings. The molecule has 6 heterocycles. The Labute approximate surface area is 395 Å². The van der Waals surface area contributed by atoms with Crippen LogP contribution in [0.4, 0.5) is 21.6 Å². The molecule has 4 aliphatic rings. The minimum Gasteiger partial charge on any atom is -0.382 e. The highest BCUT2D eigenvalue weighted by atomic mass is 19.1. The minimum atomic E-state index is -1.03. The molecule has 0 bridgehead atoms. The van der Waals surface area contributed by atoms with E-state index in [9.17, 15) is 28.8 Å². The lowest BCUT2D eigenvalue weighted by Crippen LogP contribution is -2.54. The molecule has 1 saturated carbocycles. The van der Waals surface area contributed by atoms with Gasteiger partial charge in [-0.25, -0.2) is 14.4 Å². The van der Waals surface area contributed by atoms with Crippen molar-refractivity contribution >= 4 is 58.3 Å². The summed E-state index contributed by atoms with van der Waals surface area (Å²) in [4.78, 5) is 90.0.